The summed E-state index contributed by atoms with van der Waals surface area (Å²) in [6, 6.07) is 5.94. The van der Waals surface area contributed by atoms with Crippen molar-refractivity contribution in [2.45, 2.75) is 13.0 Å². The number of nitrogens with one attached hydrogen (secondary N) is 1. The first-order valence-corrected chi connectivity index (χ1v) is 4.93. The van der Waals surface area contributed by atoms with E-state index in [2.05, 4.69) is 20.9 Å². The van der Waals surface area contributed by atoms with Gasteiger partial charge in [-0.25, -0.2) is 0 Å². The van der Waals surface area contributed by atoms with Crippen molar-refractivity contribution in [1.29, 1.82) is 0 Å². The topological polar surface area (TPSA) is 36.0 Å². The lowest BCUT2D eigenvalue weighted by Crippen LogP contribution is -1.87. The largest absolute Gasteiger partial charge is 0.389 e. The number of aromatic nitrogens is 1. The van der Waals surface area contributed by atoms with Crippen LogP contribution in [0.2, 0.25) is 0 Å². The van der Waals surface area contributed by atoms with Crippen LogP contribution >= 0.6 is 15.9 Å². The van der Waals surface area contributed by atoms with Crippen LogP contribution < -0.4 is 0 Å². The smallest absolute Gasteiger partial charge is 0.0782 e. The Morgan fingerprint density at radius 1 is 1.46 bits per heavy atom. The van der Waals surface area contributed by atoms with E-state index >= 15 is 0 Å². The number of hydrogen-bond donors (Lipinski definition) is 2. The lowest BCUT2D eigenvalue weighted by Gasteiger charge is -2.01. The Balaban J connectivity index is 2.75. The highest BCUT2D eigenvalue weighted by Gasteiger charge is 2.09. The summed E-state index contributed by atoms with van der Waals surface area (Å²) in [6.45, 7) is 1.77. The van der Waals surface area contributed by atoms with E-state index in [9.17, 15) is 5.11 Å². The van der Waals surface area contributed by atoms with Gasteiger partial charge in [0.15, 0.2) is 0 Å². The number of rotatable bonds is 1. The minimum Gasteiger partial charge on any atom is -0.389 e. The Hall–Kier alpha value is -0.800. The molecule has 2 aromatic rings. The van der Waals surface area contributed by atoms with E-state index in [1.165, 1.54) is 0 Å². The maximum Gasteiger partial charge on any atom is 0.0782 e. The molecule has 0 saturated heterocycles. The van der Waals surface area contributed by atoms with Crippen molar-refractivity contribution in [2.75, 3.05) is 0 Å². The van der Waals surface area contributed by atoms with Crippen molar-refractivity contribution in [2.24, 2.45) is 0 Å². The first-order chi connectivity index (χ1) is 6.20. The van der Waals surface area contributed by atoms with Crippen LogP contribution in [0.5, 0.6) is 0 Å². The van der Waals surface area contributed by atoms with Crippen LogP contribution in [0.3, 0.4) is 0 Å². The van der Waals surface area contributed by atoms with E-state index in [0.29, 0.717) is 0 Å². The summed E-state index contributed by atoms with van der Waals surface area (Å²) in [5.74, 6) is 0. The Morgan fingerprint density at radius 2 is 2.23 bits per heavy atom. The fourth-order valence-electron chi connectivity index (χ4n) is 1.48. The highest BCUT2D eigenvalue weighted by Crippen LogP contribution is 2.28. The number of fused-ring (bicyclic) bond motifs is 1. The molecule has 68 valence electrons. The number of H-pyrrole nitrogens is 1. The molecule has 2 rings (SSSR count). The van der Waals surface area contributed by atoms with Gasteiger partial charge in [0, 0.05) is 21.6 Å². The van der Waals surface area contributed by atoms with Crippen molar-refractivity contribution in [3.05, 3.63) is 34.4 Å². The van der Waals surface area contributed by atoms with Gasteiger partial charge < -0.3 is 10.1 Å². The van der Waals surface area contributed by atoms with Gasteiger partial charge in [0.25, 0.3) is 0 Å². The van der Waals surface area contributed by atoms with E-state index in [0.717, 1.165) is 20.9 Å². The SMILES string of the molecule is CC(O)c1c[nH]c2c(Br)cccc12. The third kappa shape index (κ3) is 1.38. The lowest BCUT2D eigenvalue weighted by molar-refractivity contribution is 0.201. The number of aliphatic hydroxyl groups excluding tert-OH is 1. The highest BCUT2D eigenvalue weighted by atomic mass is 79.9. The molecule has 1 aromatic heterocycles. The molecule has 1 atom stereocenters. The van der Waals surface area contributed by atoms with Crippen molar-refractivity contribution < 1.29 is 5.11 Å². The molecule has 0 radical (unpaired) electrons. The number of aliphatic hydroxyl groups is 1. The minimum atomic E-state index is -0.428. The molecule has 0 aliphatic carbocycles. The average molecular weight is 240 g/mol. The van der Waals surface area contributed by atoms with Crippen molar-refractivity contribution in [1.82, 2.24) is 4.98 Å². The molecule has 2 N–H and O–H groups in total. The van der Waals surface area contributed by atoms with Crippen LogP contribution in [-0.2, 0) is 0 Å². The summed E-state index contributed by atoms with van der Waals surface area (Å²) < 4.78 is 1.02. The summed E-state index contributed by atoms with van der Waals surface area (Å²) in [6.07, 6.45) is 1.42. The quantitative estimate of drug-likeness (QED) is 0.789. The van der Waals surface area contributed by atoms with Crippen LogP contribution in [0.15, 0.2) is 28.9 Å². The molecule has 0 spiro atoms. The normalized spacial score (nSPS) is 13.5. The summed E-state index contributed by atoms with van der Waals surface area (Å²) in [5, 5.41) is 10.5. The number of halogens is 1. The number of hydrogen-bond acceptors (Lipinski definition) is 1. The zero-order chi connectivity index (χ0) is 9.42. The molecule has 1 heterocycles. The summed E-state index contributed by atoms with van der Waals surface area (Å²) in [4.78, 5) is 3.13. The zero-order valence-electron chi connectivity index (χ0n) is 7.21. The van der Waals surface area contributed by atoms with Crippen LogP contribution in [0.1, 0.15) is 18.6 Å². The molecule has 3 heteroatoms. The summed E-state index contributed by atoms with van der Waals surface area (Å²) in [5.41, 5.74) is 1.98. The second kappa shape index (κ2) is 3.16. The highest BCUT2D eigenvalue weighted by molar-refractivity contribution is 9.10. The fourth-order valence-corrected chi connectivity index (χ4v) is 1.97. The Labute approximate surface area is 84.7 Å². The van der Waals surface area contributed by atoms with Gasteiger partial charge in [-0.3, -0.25) is 0 Å². The van der Waals surface area contributed by atoms with E-state index in [1.807, 2.05) is 24.4 Å². The minimum absolute atomic E-state index is 0.428. The Morgan fingerprint density at radius 3 is 2.92 bits per heavy atom. The first-order valence-electron chi connectivity index (χ1n) is 4.13. The predicted octanol–water partition coefficient (Wildman–Crippen LogP) is 2.98. The van der Waals surface area contributed by atoms with E-state index in [-0.39, 0.29) is 0 Å². The molecule has 13 heavy (non-hydrogen) atoms. The molecular formula is C10H10BrNO. The molecule has 0 aliphatic heterocycles. The standard InChI is InChI=1S/C10H10BrNO/c1-6(13)8-5-12-10-7(8)3-2-4-9(10)11/h2-6,12-13H,1H3. The molecular weight excluding hydrogens is 230 g/mol. The van der Waals surface area contributed by atoms with Gasteiger partial charge in [-0.05, 0) is 28.9 Å². The van der Waals surface area contributed by atoms with Crippen LogP contribution in [0.25, 0.3) is 10.9 Å². The maximum atomic E-state index is 9.47. The molecule has 0 saturated carbocycles. The summed E-state index contributed by atoms with van der Waals surface area (Å²) in [7, 11) is 0. The molecule has 1 unspecified atom stereocenters. The molecule has 0 bridgehead atoms. The van der Waals surface area contributed by atoms with Crippen LogP contribution in [-0.4, -0.2) is 10.1 Å². The van der Waals surface area contributed by atoms with Crippen molar-refractivity contribution in [3.63, 3.8) is 0 Å². The van der Waals surface area contributed by atoms with Gasteiger partial charge in [0.1, 0.15) is 0 Å². The first kappa shape index (κ1) is 8.78. The van der Waals surface area contributed by atoms with E-state index in [4.69, 9.17) is 0 Å². The van der Waals surface area contributed by atoms with Gasteiger partial charge in [0.2, 0.25) is 0 Å². The van der Waals surface area contributed by atoms with Gasteiger partial charge in [-0.15, -0.1) is 0 Å². The molecule has 0 fully saturated rings. The Kier molecular flexibility index (Phi) is 2.14. The molecule has 0 amide bonds. The predicted molar refractivity (Wildman–Crippen MR) is 56.6 cm³/mol. The second-order valence-electron chi connectivity index (χ2n) is 3.08. The summed E-state index contributed by atoms with van der Waals surface area (Å²) >= 11 is 3.45. The van der Waals surface area contributed by atoms with Gasteiger partial charge >= 0.3 is 0 Å². The number of benzene rings is 1. The van der Waals surface area contributed by atoms with Crippen LogP contribution in [0.4, 0.5) is 0 Å². The third-order valence-corrected chi connectivity index (χ3v) is 2.81. The molecule has 1 aromatic carbocycles. The van der Waals surface area contributed by atoms with Gasteiger partial charge in [-0.2, -0.15) is 0 Å². The molecule has 0 aliphatic rings. The number of para-hydroxylation sites is 1. The van der Waals surface area contributed by atoms with Crippen molar-refractivity contribution >= 4 is 26.8 Å². The average Bonchev–Trinajstić information content (AvgIpc) is 2.48. The van der Waals surface area contributed by atoms with E-state index in [1.54, 1.807) is 6.92 Å². The zero-order valence-corrected chi connectivity index (χ0v) is 8.80. The number of aromatic amines is 1. The second-order valence-corrected chi connectivity index (χ2v) is 3.94. The lowest BCUT2D eigenvalue weighted by atomic mass is 10.1. The fraction of sp³-hybridized carbons (Fsp3) is 0.200. The monoisotopic (exact) mass is 239 g/mol. The van der Waals surface area contributed by atoms with Gasteiger partial charge in [-0.1, -0.05) is 12.1 Å². The Bertz CT molecular complexity index is 433. The van der Waals surface area contributed by atoms with E-state index < -0.39 is 6.10 Å². The third-order valence-electron chi connectivity index (χ3n) is 2.15. The maximum absolute atomic E-state index is 9.47. The van der Waals surface area contributed by atoms with Crippen molar-refractivity contribution in [3.8, 4) is 0 Å². The van der Waals surface area contributed by atoms with Gasteiger partial charge in [0.05, 0.1) is 11.6 Å². The van der Waals surface area contributed by atoms with Crippen LogP contribution in [0, 0.1) is 0 Å². The molecule has 2 nitrogen and oxygen atoms in total.